The van der Waals surface area contributed by atoms with E-state index in [1.807, 2.05) is 0 Å². The Morgan fingerprint density at radius 2 is 1.96 bits per heavy atom. The average Bonchev–Trinajstić information content (AvgIpc) is 3.18. The Morgan fingerprint density at radius 1 is 1.15 bits per heavy atom. The highest BCUT2D eigenvalue weighted by Gasteiger charge is 2.06. The van der Waals surface area contributed by atoms with Gasteiger partial charge < -0.3 is 24.5 Å². The maximum Gasteiger partial charge on any atom is 0.315 e. The van der Waals surface area contributed by atoms with E-state index in [1.54, 1.807) is 37.4 Å². The van der Waals surface area contributed by atoms with Crippen LogP contribution in [0.4, 0.5) is 4.79 Å². The molecule has 0 atom stereocenters. The Kier molecular flexibility index (Phi) is 7.04. The Balaban J connectivity index is 1.72. The molecule has 26 heavy (non-hydrogen) atoms. The first-order valence-electron chi connectivity index (χ1n) is 7.70. The number of carbonyl (C=O) groups is 2. The molecule has 0 aliphatic rings. The fraction of sp³-hybridized carbons (Fsp3) is 0.235. The topological polar surface area (TPSA) is 114 Å². The Morgan fingerprint density at radius 3 is 2.65 bits per heavy atom. The van der Waals surface area contributed by atoms with Crippen LogP contribution in [0.2, 0.25) is 0 Å². The lowest BCUT2D eigenvalue weighted by Gasteiger charge is -2.07. The summed E-state index contributed by atoms with van der Waals surface area (Å²) in [5.41, 5.74) is 3.03. The molecule has 3 amide bonds. The minimum Gasteiger partial charge on any atom is -0.493 e. The van der Waals surface area contributed by atoms with Crippen LogP contribution in [-0.4, -0.2) is 38.9 Å². The standard InChI is InChI=1S/C17H20N4O5/c1-24-14-6-5-12(8-15(14)25-2)9-20-21-16(22)11-19-17(23)18-10-13-4-3-7-26-13/h3-9H,10-11H2,1-2H3,(H,21,22)(H2,18,19,23)/b20-9-. The number of carbonyl (C=O) groups excluding carboxylic acids is 2. The fourth-order valence-electron chi connectivity index (χ4n) is 1.96. The molecule has 9 heteroatoms. The lowest BCUT2D eigenvalue weighted by Crippen LogP contribution is -2.40. The second-order valence-corrected chi connectivity index (χ2v) is 5.02. The Bertz CT molecular complexity index is 759. The maximum atomic E-state index is 11.7. The van der Waals surface area contributed by atoms with Gasteiger partial charge in [-0.15, -0.1) is 0 Å². The molecule has 0 aliphatic carbocycles. The number of methoxy groups -OCH3 is 2. The normalized spacial score (nSPS) is 10.4. The van der Waals surface area contributed by atoms with Gasteiger partial charge in [0.05, 0.1) is 33.2 Å². The van der Waals surface area contributed by atoms with Crippen LogP contribution in [0.5, 0.6) is 11.5 Å². The molecule has 1 aromatic carbocycles. The van der Waals surface area contributed by atoms with E-state index < -0.39 is 11.9 Å². The third-order valence-corrected chi connectivity index (χ3v) is 3.22. The number of benzene rings is 1. The minimum atomic E-state index is -0.486. The molecule has 138 valence electrons. The van der Waals surface area contributed by atoms with E-state index in [1.165, 1.54) is 19.6 Å². The van der Waals surface area contributed by atoms with E-state index in [-0.39, 0.29) is 13.1 Å². The van der Waals surface area contributed by atoms with Crippen molar-refractivity contribution in [3.05, 3.63) is 47.9 Å². The second-order valence-electron chi connectivity index (χ2n) is 5.02. The summed E-state index contributed by atoms with van der Waals surface area (Å²) in [6.07, 6.45) is 2.97. The summed E-state index contributed by atoms with van der Waals surface area (Å²) in [4.78, 5) is 23.2. The monoisotopic (exact) mass is 360 g/mol. The number of nitrogens with one attached hydrogen (secondary N) is 3. The van der Waals surface area contributed by atoms with Crippen LogP contribution in [0, 0.1) is 0 Å². The van der Waals surface area contributed by atoms with Crippen molar-refractivity contribution in [1.29, 1.82) is 0 Å². The van der Waals surface area contributed by atoms with Crippen molar-refractivity contribution in [2.75, 3.05) is 20.8 Å². The average molecular weight is 360 g/mol. The largest absolute Gasteiger partial charge is 0.493 e. The third kappa shape index (κ3) is 5.86. The van der Waals surface area contributed by atoms with Crippen molar-refractivity contribution >= 4 is 18.2 Å². The summed E-state index contributed by atoms with van der Waals surface area (Å²) in [7, 11) is 3.08. The summed E-state index contributed by atoms with van der Waals surface area (Å²) in [6.45, 7) is 0.0190. The molecule has 0 fully saturated rings. The van der Waals surface area contributed by atoms with Gasteiger partial charge in [0, 0.05) is 0 Å². The number of hydrogen-bond acceptors (Lipinski definition) is 6. The molecule has 0 radical (unpaired) electrons. The number of hydrogen-bond donors (Lipinski definition) is 3. The van der Waals surface area contributed by atoms with Gasteiger partial charge in [-0.25, -0.2) is 10.2 Å². The van der Waals surface area contributed by atoms with Crippen LogP contribution in [-0.2, 0) is 11.3 Å². The van der Waals surface area contributed by atoms with Crippen LogP contribution in [0.3, 0.4) is 0 Å². The zero-order valence-electron chi connectivity index (χ0n) is 14.4. The molecule has 2 aromatic rings. The van der Waals surface area contributed by atoms with Crippen molar-refractivity contribution in [2.24, 2.45) is 5.10 Å². The molecule has 3 N–H and O–H groups in total. The van der Waals surface area contributed by atoms with E-state index in [0.717, 1.165) is 0 Å². The van der Waals surface area contributed by atoms with E-state index in [9.17, 15) is 9.59 Å². The zero-order valence-corrected chi connectivity index (χ0v) is 14.4. The number of urea groups is 1. The molecular formula is C17H20N4O5. The molecule has 2 rings (SSSR count). The number of furan rings is 1. The second kappa shape index (κ2) is 9.72. The van der Waals surface area contributed by atoms with Crippen molar-refractivity contribution in [3.63, 3.8) is 0 Å². The van der Waals surface area contributed by atoms with E-state index in [4.69, 9.17) is 13.9 Å². The number of nitrogens with zero attached hydrogens (tertiary/aromatic N) is 1. The highest BCUT2D eigenvalue weighted by molar-refractivity contribution is 5.86. The number of rotatable bonds is 8. The van der Waals surface area contributed by atoms with Gasteiger partial charge in [0.2, 0.25) is 0 Å². The predicted octanol–water partition coefficient (Wildman–Crippen LogP) is 1.25. The molecule has 0 aliphatic heterocycles. The van der Waals surface area contributed by atoms with E-state index >= 15 is 0 Å². The van der Waals surface area contributed by atoms with Crippen molar-refractivity contribution in [2.45, 2.75) is 6.54 Å². The molecular weight excluding hydrogens is 340 g/mol. The number of amides is 3. The van der Waals surface area contributed by atoms with Crippen molar-refractivity contribution in [3.8, 4) is 11.5 Å². The van der Waals surface area contributed by atoms with Gasteiger partial charge in [-0.1, -0.05) is 0 Å². The lowest BCUT2D eigenvalue weighted by atomic mass is 10.2. The first kappa shape index (κ1) is 18.8. The van der Waals surface area contributed by atoms with Gasteiger partial charge in [-0.2, -0.15) is 5.10 Å². The molecule has 0 unspecified atom stereocenters. The summed E-state index contributed by atoms with van der Waals surface area (Å²) >= 11 is 0. The molecule has 0 spiro atoms. The van der Waals surface area contributed by atoms with Gasteiger partial charge in [0.15, 0.2) is 11.5 Å². The van der Waals surface area contributed by atoms with Crippen LogP contribution in [0.25, 0.3) is 0 Å². The first-order valence-corrected chi connectivity index (χ1v) is 7.70. The predicted molar refractivity (Wildman–Crippen MR) is 94.2 cm³/mol. The van der Waals surface area contributed by atoms with Gasteiger partial charge in [-0.3, -0.25) is 4.79 Å². The first-order chi connectivity index (χ1) is 12.6. The van der Waals surface area contributed by atoms with Crippen molar-refractivity contribution < 1.29 is 23.5 Å². The van der Waals surface area contributed by atoms with E-state index in [2.05, 4.69) is 21.2 Å². The summed E-state index contributed by atoms with van der Waals surface area (Å²) in [5, 5.41) is 8.80. The van der Waals surface area contributed by atoms with Gasteiger partial charge in [-0.05, 0) is 35.9 Å². The van der Waals surface area contributed by atoms with Gasteiger partial charge >= 0.3 is 6.03 Å². The summed E-state index contributed by atoms with van der Waals surface area (Å²) in [5.74, 6) is 1.30. The summed E-state index contributed by atoms with van der Waals surface area (Å²) < 4.78 is 15.4. The van der Waals surface area contributed by atoms with E-state index in [0.29, 0.717) is 22.8 Å². The van der Waals surface area contributed by atoms with Crippen LogP contribution >= 0.6 is 0 Å². The summed E-state index contributed by atoms with van der Waals surface area (Å²) in [6, 6.07) is 8.17. The highest BCUT2D eigenvalue weighted by atomic mass is 16.5. The minimum absolute atomic E-state index is 0.215. The molecule has 0 bridgehead atoms. The third-order valence-electron chi connectivity index (χ3n) is 3.22. The molecule has 1 aromatic heterocycles. The highest BCUT2D eigenvalue weighted by Crippen LogP contribution is 2.26. The lowest BCUT2D eigenvalue weighted by molar-refractivity contribution is -0.120. The Labute approximate surface area is 150 Å². The smallest absolute Gasteiger partial charge is 0.315 e. The molecule has 0 saturated carbocycles. The quantitative estimate of drug-likeness (QED) is 0.484. The van der Waals surface area contributed by atoms with Gasteiger partial charge in [0.1, 0.15) is 12.3 Å². The SMILES string of the molecule is COc1ccc(/C=N\NC(=O)CNC(=O)NCc2ccco2)cc1OC. The zero-order chi connectivity index (χ0) is 18.8. The fourth-order valence-corrected chi connectivity index (χ4v) is 1.96. The van der Waals surface area contributed by atoms with Crippen LogP contribution < -0.4 is 25.5 Å². The molecule has 1 heterocycles. The van der Waals surface area contributed by atoms with Gasteiger partial charge in [0.25, 0.3) is 5.91 Å². The number of ether oxygens (including phenoxy) is 2. The molecule has 0 saturated heterocycles. The maximum absolute atomic E-state index is 11.7. The van der Waals surface area contributed by atoms with Crippen molar-refractivity contribution in [1.82, 2.24) is 16.1 Å². The van der Waals surface area contributed by atoms with Crippen LogP contribution in [0.15, 0.2) is 46.1 Å². The van der Waals surface area contributed by atoms with Crippen LogP contribution in [0.1, 0.15) is 11.3 Å². The molecule has 9 nitrogen and oxygen atoms in total. The number of hydrazone groups is 1. The Hall–Kier alpha value is -3.49.